The van der Waals surface area contributed by atoms with Gasteiger partial charge < -0.3 is 10.1 Å². The van der Waals surface area contributed by atoms with E-state index >= 15 is 0 Å². The van der Waals surface area contributed by atoms with Crippen molar-refractivity contribution in [2.45, 2.75) is 6.61 Å². The van der Waals surface area contributed by atoms with Gasteiger partial charge in [0.2, 0.25) is 0 Å². The molecule has 0 atom stereocenters. The van der Waals surface area contributed by atoms with Crippen molar-refractivity contribution in [1.82, 2.24) is 4.98 Å². The first-order valence-corrected chi connectivity index (χ1v) is 7.78. The van der Waals surface area contributed by atoms with E-state index in [1.807, 2.05) is 30.3 Å². The first kappa shape index (κ1) is 16.0. The Morgan fingerprint density at radius 1 is 1.00 bits per heavy atom. The summed E-state index contributed by atoms with van der Waals surface area (Å²) in [7, 11) is 0. The molecular weight excluding hydrogens is 324 g/mol. The molecule has 3 rings (SSSR count). The van der Waals surface area contributed by atoms with Crippen LogP contribution in [-0.4, -0.2) is 10.9 Å². The zero-order valence-corrected chi connectivity index (χ0v) is 13.5. The molecule has 1 amide bonds. The Morgan fingerprint density at radius 3 is 2.42 bits per heavy atom. The Labute approximate surface area is 145 Å². The molecule has 2 aromatic carbocycles. The summed E-state index contributed by atoms with van der Waals surface area (Å²) < 4.78 is 5.62. The SMILES string of the molecule is O=C(Nc1ccc(Cl)cc1)c1ccc(COc2ccccc2)nc1. The first-order valence-electron chi connectivity index (χ1n) is 7.40. The zero-order valence-electron chi connectivity index (χ0n) is 12.8. The monoisotopic (exact) mass is 338 g/mol. The smallest absolute Gasteiger partial charge is 0.257 e. The lowest BCUT2D eigenvalue weighted by Gasteiger charge is -2.07. The van der Waals surface area contributed by atoms with Crippen LogP contribution in [0.5, 0.6) is 5.75 Å². The molecule has 0 fully saturated rings. The molecule has 1 heterocycles. The number of rotatable bonds is 5. The van der Waals surface area contributed by atoms with Gasteiger partial charge in [-0.1, -0.05) is 29.8 Å². The van der Waals surface area contributed by atoms with Gasteiger partial charge >= 0.3 is 0 Å². The molecular formula is C19H15ClN2O2. The van der Waals surface area contributed by atoms with Crippen molar-refractivity contribution in [2.75, 3.05) is 5.32 Å². The first-order chi connectivity index (χ1) is 11.7. The van der Waals surface area contributed by atoms with Crippen LogP contribution in [0.1, 0.15) is 16.1 Å². The van der Waals surface area contributed by atoms with Gasteiger partial charge in [0.1, 0.15) is 12.4 Å². The van der Waals surface area contributed by atoms with Crippen molar-refractivity contribution in [1.29, 1.82) is 0 Å². The van der Waals surface area contributed by atoms with E-state index in [4.69, 9.17) is 16.3 Å². The summed E-state index contributed by atoms with van der Waals surface area (Å²) in [5.41, 5.74) is 1.91. The zero-order chi connectivity index (χ0) is 16.8. The molecule has 120 valence electrons. The number of benzene rings is 2. The van der Waals surface area contributed by atoms with E-state index in [1.165, 1.54) is 6.20 Å². The van der Waals surface area contributed by atoms with Crippen LogP contribution in [0.15, 0.2) is 72.9 Å². The van der Waals surface area contributed by atoms with E-state index in [0.29, 0.717) is 22.9 Å². The maximum absolute atomic E-state index is 12.2. The highest BCUT2D eigenvalue weighted by Gasteiger charge is 2.07. The van der Waals surface area contributed by atoms with Crippen LogP contribution in [0.3, 0.4) is 0 Å². The predicted octanol–water partition coefficient (Wildman–Crippen LogP) is 4.57. The number of nitrogens with zero attached hydrogens (tertiary/aromatic N) is 1. The fourth-order valence-electron chi connectivity index (χ4n) is 2.05. The maximum Gasteiger partial charge on any atom is 0.257 e. The van der Waals surface area contributed by atoms with Crippen LogP contribution in [-0.2, 0) is 6.61 Å². The number of anilines is 1. The van der Waals surface area contributed by atoms with Crippen molar-refractivity contribution in [3.05, 3.63) is 89.2 Å². The third-order valence-electron chi connectivity index (χ3n) is 3.32. The van der Waals surface area contributed by atoms with Gasteiger partial charge in [-0.05, 0) is 48.5 Å². The molecule has 0 unspecified atom stereocenters. The van der Waals surface area contributed by atoms with Crippen LogP contribution >= 0.6 is 11.6 Å². The fraction of sp³-hybridized carbons (Fsp3) is 0.0526. The lowest BCUT2D eigenvalue weighted by molar-refractivity contribution is 0.102. The Kier molecular flexibility index (Phi) is 5.08. The van der Waals surface area contributed by atoms with Gasteiger partial charge in [0.05, 0.1) is 11.3 Å². The molecule has 0 aliphatic carbocycles. The normalized spacial score (nSPS) is 10.2. The second kappa shape index (κ2) is 7.62. The largest absolute Gasteiger partial charge is 0.487 e. The molecule has 0 aliphatic heterocycles. The minimum Gasteiger partial charge on any atom is -0.487 e. The quantitative estimate of drug-likeness (QED) is 0.741. The number of hydrogen-bond donors (Lipinski definition) is 1. The molecule has 3 aromatic rings. The summed E-state index contributed by atoms with van der Waals surface area (Å²) >= 11 is 5.82. The molecule has 0 radical (unpaired) electrons. The van der Waals surface area contributed by atoms with Crippen LogP contribution in [0, 0.1) is 0 Å². The van der Waals surface area contributed by atoms with Gasteiger partial charge in [0, 0.05) is 16.9 Å². The summed E-state index contributed by atoms with van der Waals surface area (Å²) in [4.78, 5) is 16.4. The minimum absolute atomic E-state index is 0.222. The molecule has 0 saturated heterocycles. The van der Waals surface area contributed by atoms with Crippen LogP contribution in [0.25, 0.3) is 0 Å². The minimum atomic E-state index is -0.222. The number of aromatic nitrogens is 1. The molecule has 0 aliphatic rings. The highest BCUT2D eigenvalue weighted by Crippen LogP contribution is 2.15. The van der Waals surface area contributed by atoms with Crippen molar-refractivity contribution in [2.24, 2.45) is 0 Å². The van der Waals surface area contributed by atoms with Gasteiger partial charge in [-0.2, -0.15) is 0 Å². The molecule has 24 heavy (non-hydrogen) atoms. The molecule has 5 heteroatoms. The number of carbonyl (C=O) groups is 1. The highest BCUT2D eigenvalue weighted by atomic mass is 35.5. The number of halogens is 1. The number of carbonyl (C=O) groups excluding carboxylic acids is 1. The maximum atomic E-state index is 12.2. The van der Waals surface area contributed by atoms with E-state index in [1.54, 1.807) is 36.4 Å². The van der Waals surface area contributed by atoms with Crippen LogP contribution in [0.2, 0.25) is 5.02 Å². The number of ether oxygens (including phenoxy) is 1. The van der Waals surface area contributed by atoms with E-state index < -0.39 is 0 Å². The Bertz CT molecular complexity index is 803. The molecule has 1 aromatic heterocycles. The Morgan fingerprint density at radius 2 is 1.75 bits per heavy atom. The van der Waals surface area contributed by atoms with Crippen molar-refractivity contribution < 1.29 is 9.53 Å². The van der Waals surface area contributed by atoms with Gasteiger partial charge in [-0.15, -0.1) is 0 Å². The second-order valence-electron chi connectivity index (χ2n) is 5.10. The van der Waals surface area contributed by atoms with Gasteiger partial charge in [-0.25, -0.2) is 0 Å². The summed E-state index contributed by atoms with van der Waals surface area (Å²) in [6, 6.07) is 20.0. The predicted molar refractivity (Wildman–Crippen MR) is 94.4 cm³/mol. The van der Waals surface area contributed by atoms with E-state index in [9.17, 15) is 4.79 Å². The van der Waals surface area contributed by atoms with E-state index in [-0.39, 0.29) is 5.91 Å². The second-order valence-corrected chi connectivity index (χ2v) is 5.54. The van der Waals surface area contributed by atoms with Crippen molar-refractivity contribution >= 4 is 23.2 Å². The number of nitrogens with one attached hydrogen (secondary N) is 1. The number of para-hydroxylation sites is 1. The topological polar surface area (TPSA) is 51.2 Å². The lowest BCUT2D eigenvalue weighted by atomic mass is 10.2. The third-order valence-corrected chi connectivity index (χ3v) is 3.57. The average molecular weight is 339 g/mol. The third kappa shape index (κ3) is 4.33. The van der Waals surface area contributed by atoms with Crippen molar-refractivity contribution in [3.63, 3.8) is 0 Å². The molecule has 4 nitrogen and oxygen atoms in total. The summed E-state index contributed by atoms with van der Waals surface area (Å²) in [6.45, 7) is 0.350. The Balaban J connectivity index is 1.59. The molecule has 0 saturated carbocycles. The molecule has 0 spiro atoms. The van der Waals surface area contributed by atoms with E-state index in [0.717, 1.165) is 11.4 Å². The van der Waals surface area contributed by atoms with Crippen molar-refractivity contribution in [3.8, 4) is 5.75 Å². The molecule has 0 bridgehead atoms. The van der Waals surface area contributed by atoms with Gasteiger partial charge in [0.25, 0.3) is 5.91 Å². The van der Waals surface area contributed by atoms with Gasteiger partial charge in [0.15, 0.2) is 0 Å². The number of pyridine rings is 1. The Hall–Kier alpha value is -2.85. The fourth-order valence-corrected chi connectivity index (χ4v) is 2.18. The average Bonchev–Trinajstić information content (AvgIpc) is 2.63. The standard InChI is InChI=1S/C19H15ClN2O2/c20-15-7-10-16(11-8-15)22-19(23)14-6-9-17(21-12-14)13-24-18-4-2-1-3-5-18/h1-12H,13H2,(H,22,23). The number of amides is 1. The number of hydrogen-bond acceptors (Lipinski definition) is 3. The lowest BCUT2D eigenvalue weighted by Crippen LogP contribution is -2.12. The summed E-state index contributed by atoms with van der Waals surface area (Å²) in [6.07, 6.45) is 1.54. The van der Waals surface area contributed by atoms with E-state index in [2.05, 4.69) is 10.3 Å². The van der Waals surface area contributed by atoms with Crippen LogP contribution in [0.4, 0.5) is 5.69 Å². The van der Waals surface area contributed by atoms with Crippen LogP contribution < -0.4 is 10.1 Å². The highest BCUT2D eigenvalue weighted by molar-refractivity contribution is 6.30. The summed E-state index contributed by atoms with van der Waals surface area (Å²) in [5, 5.41) is 3.42. The summed E-state index contributed by atoms with van der Waals surface area (Å²) in [5.74, 6) is 0.559. The van der Waals surface area contributed by atoms with Gasteiger partial charge in [-0.3, -0.25) is 9.78 Å². The molecule has 1 N–H and O–H groups in total.